The van der Waals surface area contributed by atoms with Crippen molar-refractivity contribution in [2.45, 2.75) is 46.7 Å². The summed E-state index contributed by atoms with van der Waals surface area (Å²) in [7, 11) is 0. The minimum atomic E-state index is 0.933. The van der Waals surface area contributed by atoms with Gasteiger partial charge in [0.05, 0.1) is 6.20 Å². The van der Waals surface area contributed by atoms with E-state index in [1.54, 1.807) is 0 Å². The van der Waals surface area contributed by atoms with Crippen molar-refractivity contribution in [2.75, 3.05) is 26.2 Å². The van der Waals surface area contributed by atoms with Crippen molar-refractivity contribution < 1.29 is 0 Å². The first-order chi connectivity index (χ1) is 8.80. The zero-order valence-corrected chi connectivity index (χ0v) is 12.2. The lowest BCUT2D eigenvalue weighted by atomic mass is 10.3. The Balaban J connectivity index is 2.09. The Bertz CT molecular complexity index is 304. The highest BCUT2D eigenvalue weighted by molar-refractivity contribution is 5.03. The van der Waals surface area contributed by atoms with Crippen LogP contribution < -0.4 is 5.32 Å². The molecule has 1 N–H and O–H groups in total. The zero-order chi connectivity index (χ0) is 13.2. The highest BCUT2D eigenvalue weighted by atomic mass is 15.3. The smallest absolute Gasteiger partial charge is 0.0534 e. The van der Waals surface area contributed by atoms with E-state index in [1.165, 1.54) is 18.5 Å². The number of hydrogen-bond donors (Lipinski definition) is 1. The Morgan fingerprint density at radius 2 is 2.06 bits per heavy atom. The summed E-state index contributed by atoms with van der Waals surface area (Å²) in [5.41, 5.74) is 1.28. The van der Waals surface area contributed by atoms with Crippen LogP contribution in [0.3, 0.4) is 0 Å². The fourth-order valence-corrected chi connectivity index (χ4v) is 2.05. The second-order valence-electron chi connectivity index (χ2n) is 4.67. The van der Waals surface area contributed by atoms with Gasteiger partial charge in [-0.3, -0.25) is 4.68 Å². The normalized spacial score (nSPS) is 11.3. The van der Waals surface area contributed by atoms with Gasteiger partial charge >= 0.3 is 0 Å². The molecule has 18 heavy (non-hydrogen) atoms. The molecule has 1 heterocycles. The molecule has 0 aliphatic rings. The number of hydrogen-bond acceptors (Lipinski definition) is 3. The molecule has 0 atom stereocenters. The van der Waals surface area contributed by atoms with Gasteiger partial charge in [0.2, 0.25) is 0 Å². The van der Waals surface area contributed by atoms with Gasteiger partial charge in [0.15, 0.2) is 0 Å². The summed E-state index contributed by atoms with van der Waals surface area (Å²) in [6.07, 6.45) is 6.46. The molecule has 0 aliphatic carbocycles. The molecule has 4 heteroatoms. The Labute approximate surface area is 111 Å². The predicted molar refractivity (Wildman–Crippen MR) is 76.6 cm³/mol. The molecule has 0 radical (unpaired) electrons. The molecular formula is C14H28N4. The van der Waals surface area contributed by atoms with Gasteiger partial charge < -0.3 is 10.2 Å². The summed E-state index contributed by atoms with van der Waals surface area (Å²) < 4.78 is 2.02. The molecule has 0 saturated carbocycles. The number of aryl methyl sites for hydroxylation is 1. The van der Waals surface area contributed by atoms with Crippen LogP contribution in [0.15, 0.2) is 12.4 Å². The van der Waals surface area contributed by atoms with E-state index in [-0.39, 0.29) is 0 Å². The Hall–Kier alpha value is -0.870. The van der Waals surface area contributed by atoms with E-state index < -0.39 is 0 Å². The lowest BCUT2D eigenvalue weighted by Crippen LogP contribution is -2.27. The molecule has 0 bridgehead atoms. The van der Waals surface area contributed by atoms with Crippen LogP contribution in [-0.4, -0.2) is 40.9 Å². The molecule has 0 amide bonds. The van der Waals surface area contributed by atoms with E-state index in [2.05, 4.69) is 42.3 Å². The van der Waals surface area contributed by atoms with Crippen LogP contribution >= 0.6 is 0 Å². The third kappa shape index (κ3) is 5.65. The largest absolute Gasteiger partial charge is 0.313 e. The molecule has 104 valence electrons. The molecule has 0 fully saturated rings. The molecule has 4 nitrogen and oxygen atoms in total. The Kier molecular flexibility index (Phi) is 7.69. The number of rotatable bonds is 10. The fourth-order valence-electron chi connectivity index (χ4n) is 2.05. The van der Waals surface area contributed by atoms with Gasteiger partial charge in [0, 0.05) is 24.8 Å². The molecule has 0 unspecified atom stereocenters. The first-order valence-corrected chi connectivity index (χ1v) is 7.24. The first kappa shape index (κ1) is 15.2. The Morgan fingerprint density at radius 3 is 2.72 bits per heavy atom. The molecular weight excluding hydrogens is 224 g/mol. The van der Waals surface area contributed by atoms with E-state index in [0.29, 0.717) is 0 Å². The summed E-state index contributed by atoms with van der Waals surface area (Å²) in [6.45, 7) is 13.1. The SMILES string of the molecule is CCCn1cc(CNCCCN(CC)CC)cn1. The molecule has 0 spiro atoms. The van der Waals surface area contributed by atoms with E-state index >= 15 is 0 Å². The van der Waals surface area contributed by atoms with Gasteiger partial charge in [0.1, 0.15) is 0 Å². The fraction of sp³-hybridized carbons (Fsp3) is 0.786. The van der Waals surface area contributed by atoms with E-state index in [0.717, 1.165) is 39.1 Å². The maximum absolute atomic E-state index is 4.33. The summed E-state index contributed by atoms with van der Waals surface area (Å²) in [4.78, 5) is 2.46. The van der Waals surface area contributed by atoms with Crippen LogP contribution in [0.5, 0.6) is 0 Å². The standard InChI is InChI=1S/C14H28N4/c1-4-9-18-13-14(12-16-18)11-15-8-7-10-17(5-2)6-3/h12-13,15H,4-11H2,1-3H3. The average Bonchev–Trinajstić information content (AvgIpc) is 2.82. The van der Waals surface area contributed by atoms with Gasteiger partial charge in [-0.05, 0) is 39.0 Å². The molecule has 0 aliphatic heterocycles. The molecule has 1 aromatic heterocycles. The van der Waals surface area contributed by atoms with Crippen LogP contribution in [0.25, 0.3) is 0 Å². The monoisotopic (exact) mass is 252 g/mol. The van der Waals surface area contributed by atoms with Crippen molar-refractivity contribution in [3.8, 4) is 0 Å². The zero-order valence-electron chi connectivity index (χ0n) is 12.2. The minimum absolute atomic E-state index is 0.933. The van der Waals surface area contributed by atoms with E-state index in [9.17, 15) is 0 Å². The summed E-state index contributed by atoms with van der Waals surface area (Å²) in [5, 5.41) is 7.81. The number of nitrogens with zero attached hydrogens (tertiary/aromatic N) is 3. The van der Waals surface area contributed by atoms with Crippen molar-refractivity contribution in [1.29, 1.82) is 0 Å². The van der Waals surface area contributed by atoms with Crippen molar-refractivity contribution in [3.05, 3.63) is 18.0 Å². The second-order valence-corrected chi connectivity index (χ2v) is 4.67. The van der Waals surface area contributed by atoms with Gasteiger partial charge in [0.25, 0.3) is 0 Å². The van der Waals surface area contributed by atoms with Gasteiger partial charge in [-0.1, -0.05) is 20.8 Å². The average molecular weight is 252 g/mol. The maximum atomic E-state index is 4.33. The summed E-state index contributed by atoms with van der Waals surface area (Å²) in [5.74, 6) is 0. The highest BCUT2D eigenvalue weighted by Gasteiger charge is 1.99. The van der Waals surface area contributed by atoms with Crippen molar-refractivity contribution in [3.63, 3.8) is 0 Å². The van der Waals surface area contributed by atoms with Gasteiger partial charge in [-0.2, -0.15) is 5.10 Å². The third-order valence-electron chi connectivity index (χ3n) is 3.19. The van der Waals surface area contributed by atoms with Crippen molar-refractivity contribution in [2.24, 2.45) is 0 Å². The summed E-state index contributed by atoms with van der Waals surface area (Å²) >= 11 is 0. The van der Waals surface area contributed by atoms with Crippen LogP contribution in [0, 0.1) is 0 Å². The van der Waals surface area contributed by atoms with Crippen molar-refractivity contribution >= 4 is 0 Å². The number of nitrogens with one attached hydrogen (secondary N) is 1. The third-order valence-corrected chi connectivity index (χ3v) is 3.19. The lowest BCUT2D eigenvalue weighted by molar-refractivity contribution is 0.298. The lowest BCUT2D eigenvalue weighted by Gasteiger charge is -2.17. The molecule has 1 rings (SSSR count). The van der Waals surface area contributed by atoms with Crippen LogP contribution in [0.2, 0.25) is 0 Å². The quantitative estimate of drug-likeness (QED) is 0.648. The minimum Gasteiger partial charge on any atom is -0.313 e. The molecule has 0 saturated heterocycles. The second kappa shape index (κ2) is 9.11. The molecule has 0 aromatic carbocycles. The van der Waals surface area contributed by atoms with Crippen LogP contribution in [0.4, 0.5) is 0 Å². The molecule has 1 aromatic rings. The van der Waals surface area contributed by atoms with Gasteiger partial charge in [-0.15, -0.1) is 0 Å². The van der Waals surface area contributed by atoms with Gasteiger partial charge in [-0.25, -0.2) is 0 Å². The highest BCUT2D eigenvalue weighted by Crippen LogP contribution is 1.98. The van der Waals surface area contributed by atoms with E-state index in [4.69, 9.17) is 0 Å². The Morgan fingerprint density at radius 1 is 1.28 bits per heavy atom. The van der Waals surface area contributed by atoms with E-state index in [1.807, 2.05) is 10.9 Å². The number of aromatic nitrogens is 2. The predicted octanol–water partition coefficient (Wildman–Crippen LogP) is 2.11. The maximum Gasteiger partial charge on any atom is 0.0534 e. The van der Waals surface area contributed by atoms with Crippen LogP contribution in [-0.2, 0) is 13.1 Å². The topological polar surface area (TPSA) is 33.1 Å². The summed E-state index contributed by atoms with van der Waals surface area (Å²) in [6, 6.07) is 0. The van der Waals surface area contributed by atoms with Crippen molar-refractivity contribution in [1.82, 2.24) is 20.0 Å². The first-order valence-electron chi connectivity index (χ1n) is 7.24. The van der Waals surface area contributed by atoms with Crippen LogP contribution in [0.1, 0.15) is 39.2 Å².